The lowest BCUT2D eigenvalue weighted by atomic mass is 9.84. The van der Waals surface area contributed by atoms with Crippen LogP contribution in [0.3, 0.4) is 0 Å². The smallest absolute Gasteiger partial charge is 0.409 e. The minimum absolute atomic E-state index is 0.185. The van der Waals surface area contributed by atoms with Gasteiger partial charge in [-0.25, -0.2) is 13.6 Å². The molecule has 1 aromatic rings. The summed E-state index contributed by atoms with van der Waals surface area (Å²) in [6.45, 7) is 2.04. The van der Waals surface area contributed by atoms with Crippen LogP contribution in [-0.2, 0) is 19.1 Å². The predicted molar refractivity (Wildman–Crippen MR) is 87.2 cm³/mol. The second kappa shape index (κ2) is 8.73. The van der Waals surface area contributed by atoms with E-state index in [0.717, 1.165) is 12.1 Å². The summed E-state index contributed by atoms with van der Waals surface area (Å²) in [5.41, 5.74) is 0.364. The van der Waals surface area contributed by atoms with Crippen LogP contribution in [0.2, 0.25) is 0 Å². The van der Waals surface area contributed by atoms with E-state index >= 15 is 0 Å². The van der Waals surface area contributed by atoms with Gasteiger partial charge in [0.1, 0.15) is 12.2 Å². The largest absolute Gasteiger partial charge is 0.466 e. The van der Waals surface area contributed by atoms with E-state index in [4.69, 9.17) is 9.47 Å². The summed E-state index contributed by atoms with van der Waals surface area (Å²) >= 11 is 0. The van der Waals surface area contributed by atoms with Crippen molar-refractivity contribution < 1.29 is 32.6 Å². The Kier molecular flexibility index (Phi) is 6.65. The number of halogens is 2. The van der Waals surface area contributed by atoms with Gasteiger partial charge in [-0.3, -0.25) is 9.59 Å². The van der Waals surface area contributed by atoms with Crippen molar-refractivity contribution in [3.8, 4) is 0 Å². The van der Waals surface area contributed by atoms with Gasteiger partial charge in [-0.1, -0.05) is 6.07 Å². The van der Waals surface area contributed by atoms with Crippen LogP contribution in [0.4, 0.5) is 13.6 Å². The van der Waals surface area contributed by atoms with Gasteiger partial charge in [0.05, 0.1) is 19.8 Å². The van der Waals surface area contributed by atoms with Gasteiger partial charge in [-0.15, -0.1) is 0 Å². The number of rotatable bonds is 5. The summed E-state index contributed by atoms with van der Waals surface area (Å²) < 4.78 is 36.4. The van der Waals surface area contributed by atoms with E-state index in [1.165, 1.54) is 18.1 Å². The maximum absolute atomic E-state index is 13.6. The number of nitrogens with zero attached hydrogens (tertiary/aromatic N) is 1. The molecule has 1 aliphatic rings. The maximum Gasteiger partial charge on any atom is 0.409 e. The second-order valence-electron chi connectivity index (χ2n) is 6.02. The number of esters is 1. The Hall–Kier alpha value is -2.51. The first-order valence-electron chi connectivity index (χ1n) is 8.35. The van der Waals surface area contributed by atoms with Crippen molar-refractivity contribution >= 4 is 17.8 Å². The van der Waals surface area contributed by atoms with E-state index in [9.17, 15) is 23.2 Å². The van der Waals surface area contributed by atoms with Crippen molar-refractivity contribution in [1.29, 1.82) is 0 Å². The van der Waals surface area contributed by atoms with Crippen molar-refractivity contribution in [2.45, 2.75) is 32.2 Å². The highest BCUT2D eigenvalue weighted by Gasteiger charge is 2.36. The lowest BCUT2D eigenvalue weighted by Gasteiger charge is -2.38. The normalized spacial score (nSPS) is 19.8. The van der Waals surface area contributed by atoms with Crippen LogP contribution >= 0.6 is 0 Å². The predicted octanol–water partition coefficient (Wildman–Crippen LogP) is 3.01. The second-order valence-corrected chi connectivity index (χ2v) is 6.02. The van der Waals surface area contributed by atoms with Gasteiger partial charge in [0.15, 0.2) is 11.6 Å². The quantitative estimate of drug-likeness (QED) is 0.589. The number of ether oxygens (including phenoxy) is 2. The molecule has 1 aromatic carbocycles. The number of hydrogen-bond donors (Lipinski definition) is 0. The molecule has 2 rings (SSSR count). The van der Waals surface area contributed by atoms with E-state index in [1.54, 1.807) is 6.92 Å². The van der Waals surface area contributed by atoms with Crippen LogP contribution in [0.25, 0.3) is 0 Å². The fourth-order valence-electron chi connectivity index (χ4n) is 3.13. The molecule has 26 heavy (non-hydrogen) atoms. The maximum atomic E-state index is 13.6. The van der Waals surface area contributed by atoms with Crippen LogP contribution in [0.15, 0.2) is 18.2 Å². The Morgan fingerprint density at radius 3 is 2.58 bits per heavy atom. The number of methoxy groups -OCH3 is 1. The van der Waals surface area contributed by atoms with Crippen LogP contribution in [-0.4, -0.2) is 43.0 Å². The first kappa shape index (κ1) is 19.8. The molecule has 142 valence electrons. The van der Waals surface area contributed by atoms with Gasteiger partial charge in [0.2, 0.25) is 0 Å². The summed E-state index contributed by atoms with van der Waals surface area (Å²) in [5.74, 6) is -3.41. The van der Waals surface area contributed by atoms with Gasteiger partial charge in [0.25, 0.3) is 0 Å². The van der Waals surface area contributed by atoms with Gasteiger partial charge >= 0.3 is 12.1 Å². The third-order valence-corrected chi connectivity index (χ3v) is 4.42. The van der Waals surface area contributed by atoms with Crippen LogP contribution < -0.4 is 0 Å². The molecule has 1 saturated heterocycles. The number of carbonyl (C=O) groups is 3. The molecule has 6 nitrogen and oxygen atoms in total. The molecule has 0 aliphatic carbocycles. The molecular weight excluding hydrogens is 348 g/mol. The van der Waals surface area contributed by atoms with Crippen LogP contribution in [0.1, 0.15) is 37.8 Å². The zero-order chi connectivity index (χ0) is 19.3. The van der Waals surface area contributed by atoms with Crippen molar-refractivity contribution in [3.63, 3.8) is 0 Å². The monoisotopic (exact) mass is 369 g/mol. The zero-order valence-corrected chi connectivity index (χ0v) is 14.7. The first-order valence-corrected chi connectivity index (χ1v) is 8.35. The van der Waals surface area contributed by atoms with E-state index in [0.29, 0.717) is 12.0 Å². The van der Waals surface area contributed by atoms with E-state index < -0.39 is 35.7 Å². The molecule has 0 radical (unpaired) electrons. The molecule has 0 N–H and O–H groups in total. The molecule has 1 fully saturated rings. The van der Waals surface area contributed by atoms with Gasteiger partial charge < -0.3 is 14.4 Å². The number of ketones is 1. The number of likely N-dealkylation sites (tertiary alicyclic amines) is 1. The number of piperidine rings is 1. The number of hydrogen-bond acceptors (Lipinski definition) is 5. The average Bonchev–Trinajstić information content (AvgIpc) is 2.63. The molecule has 0 bridgehead atoms. The molecule has 0 aromatic heterocycles. The first-order chi connectivity index (χ1) is 12.4. The van der Waals surface area contributed by atoms with Gasteiger partial charge in [-0.05, 0) is 37.5 Å². The van der Waals surface area contributed by atoms with E-state index in [1.807, 2.05) is 0 Å². The lowest BCUT2D eigenvalue weighted by Crippen LogP contribution is -2.43. The Balaban J connectivity index is 2.21. The van der Waals surface area contributed by atoms with Crippen molar-refractivity contribution in [1.82, 2.24) is 4.90 Å². The van der Waals surface area contributed by atoms with Crippen LogP contribution in [0.5, 0.6) is 0 Å². The highest BCUT2D eigenvalue weighted by atomic mass is 19.2. The highest BCUT2D eigenvalue weighted by molar-refractivity contribution is 5.96. The molecule has 2 atom stereocenters. The average molecular weight is 369 g/mol. The Morgan fingerprint density at radius 1 is 1.23 bits per heavy atom. The summed E-state index contributed by atoms with van der Waals surface area (Å²) in [4.78, 5) is 37.3. The minimum Gasteiger partial charge on any atom is -0.466 e. The number of Topliss-reactive ketones (excluding diaryl/α,β-unsaturated/α-hetero) is 1. The molecule has 8 heteroatoms. The lowest BCUT2D eigenvalue weighted by molar-refractivity contribution is -0.146. The fourth-order valence-corrected chi connectivity index (χ4v) is 3.13. The Labute approximate surface area is 150 Å². The van der Waals surface area contributed by atoms with Gasteiger partial charge in [0, 0.05) is 12.5 Å². The zero-order valence-electron chi connectivity index (χ0n) is 14.7. The Morgan fingerprint density at radius 2 is 1.96 bits per heavy atom. The molecule has 0 spiro atoms. The number of benzene rings is 1. The molecule has 1 heterocycles. The number of carbonyl (C=O) groups excluding carboxylic acids is 3. The summed E-state index contributed by atoms with van der Waals surface area (Å²) in [5, 5.41) is 0. The molecular formula is C18H21F2NO5. The summed E-state index contributed by atoms with van der Waals surface area (Å²) in [7, 11) is 1.22. The SMILES string of the molecule is CCOC(=O)CC(=O)C1CCN(C(=O)OC)C(c2ccc(F)c(F)c2)C1. The third-order valence-electron chi connectivity index (χ3n) is 4.42. The molecule has 0 saturated carbocycles. The van der Waals surface area contributed by atoms with Gasteiger partial charge in [-0.2, -0.15) is 0 Å². The minimum atomic E-state index is -1.03. The van der Waals surface area contributed by atoms with E-state index in [2.05, 4.69) is 0 Å². The topological polar surface area (TPSA) is 72.9 Å². The van der Waals surface area contributed by atoms with Crippen molar-refractivity contribution in [2.75, 3.05) is 20.3 Å². The molecule has 2 unspecified atom stereocenters. The van der Waals surface area contributed by atoms with E-state index in [-0.39, 0.29) is 31.8 Å². The molecule has 1 aliphatic heterocycles. The van der Waals surface area contributed by atoms with Crippen molar-refractivity contribution in [2.24, 2.45) is 5.92 Å². The summed E-state index contributed by atoms with van der Waals surface area (Å²) in [6, 6.07) is 2.71. The molecule has 1 amide bonds. The van der Waals surface area contributed by atoms with Crippen LogP contribution in [0, 0.1) is 17.6 Å². The number of amides is 1. The van der Waals surface area contributed by atoms with Crippen molar-refractivity contribution in [3.05, 3.63) is 35.4 Å². The summed E-state index contributed by atoms with van der Waals surface area (Å²) in [6.07, 6.45) is -0.413. The fraction of sp³-hybridized carbons (Fsp3) is 0.500. The highest BCUT2D eigenvalue weighted by Crippen LogP contribution is 2.36. The Bertz CT molecular complexity index is 694. The third kappa shape index (κ3) is 4.56. The standard InChI is InChI=1S/C18H21F2NO5/c1-3-26-17(23)10-16(22)12-6-7-21(18(24)25-2)15(9-12)11-4-5-13(19)14(20)8-11/h4-5,8,12,15H,3,6-7,9-10H2,1-2H3.